The molecule has 0 aromatic heterocycles. The molecule has 0 radical (unpaired) electrons. The van der Waals surface area contributed by atoms with Crippen molar-refractivity contribution in [2.24, 2.45) is 11.8 Å². The topological polar surface area (TPSA) is 76.4 Å². The molecule has 0 amide bonds. The van der Waals surface area contributed by atoms with Crippen molar-refractivity contribution < 1.29 is 9.66 Å². The lowest BCUT2D eigenvalue weighted by atomic mass is 10.2. The minimum Gasteiger partial charge on any atom is -0.490 e. The van der Waals surface area contributed by atoms with Gasteiger partial charge in [-0.05, 0) is 24.0 Å². The lowest BCUT2D eigenvalue weighted by molar-refractivity contribution is -0.384. The predicted octanol–water partition coefficient (Wildman–Crippen LogP) is 1.23. The molecule has 6 heteroatoms. The van der Waals surface area contributed by atoms with Gasteiger partial charge in [0, 0.05) is 19.1 Å². The summed E-state index contributed by atoms with van der Waals surface area (Å²) in [5.74, 6) is 1.51. The maximum absolute atomic E-state index is 11.1. The number of hydrogen-bond acceptors (Lipinski definition) is 5. The molecule has 1 aliphatic heterocycles. The van der Waals surface area contributed by atoms with E-state index < -0.39 is 4.92 Å². The van der Waals surface area contributed by atoms with Crippen LogP contribution in [0.1, 0.15) is 0 Å². The van der Waals surface area contributed by atoms with E-state index in [2.05, 4.69) is 10.6 Å². The number of anilines is 1. The monoisotopic (exact) mass is 249 g/mol. The molecule has 1 saturated heterocycles. The summed E-state index contributed by atoms with van der Waals surface area (Å²) in [6, 6.07) is 5.47. The van der Waals surface area contributed by atoms with Crippen LogP contribution in [-0.2, 0) is 0 Å². The molecule has 96 valence electrons. The summed E-state index contributed by atoms with van der Waals surface area (Å²) in [7, 11) is 1.45. The van der Waals surface area contributed by atoms with Crippen LogP contribution in [0.15, 0.2) is 18.2 Å². The Labute approximate surface area is 104 Å². The fourth-order valence-corrected chi connectivity index (χ4v) is 2.80. The quantitative estimate of drug-likeness (QED) is 0.620. The van der Waals surface area contributed by atoms with Crippen molar-refractivity contribution in [2.75, 3.05) is 25.5 Å². The SMILES string of the molecule is COc1cccc(NC2C3CNCC32)c1[N+](=O)[O-]. The molecule has 1 aromatic carbocycles. The van der Waals surface area contributed by atoms with Crippen molar-refractivity contribution in [3.8, 4) is 5.75 Å². The fraction of sp³-hybridized carbons (Fsp3) is 0.500. The zero-order valence-corrected chi connectivity index (χ0v) is 10.1. The van der Waals surface area contributed by atoms with Crippen molar-refractivity contribution in [2.45, 2.75) is 6.04 Å². The third-order valence-electron chi connectivity index (χ3n) is 3.82. The molecule has 2 N–H and O–H groups in total. The van der Waals surface area contributed by atoms with Gasteiger partial charge in [0.15, 0.2) is 5.75 Å². The summed E-state index contributed by atoms with van der Waals surface area (Å²) in [6.07, 6.45) is 0. The van der Waals surface area contributed by atoms with Gasteiger partial charge in [0.1, 0.15) is 5.69 Å². The highest BCUT2D eigenvalue weighted by atomic mass is 16.6. The number of methoxy groups -OCH3 is 1. The number of hydrogen-bond donors (Lipinski definition) is 2. The average molecular weight is 249 g/mol. The predicted molar refractivity (Wildman–Crippen MR) is 66.9 cm³/mol. The molecule has 2 aliphatic rings. The maximum Gasteiger partial charge on any atom is 0.333 e. The molecule has 2 fully saturated rings. The third-order valence-corrected chi connectivity index (χ3v) is 3.82. The van der Waals surface area contributed by atoms with Crippen LogP contribution >= 0.6 is 0 Å². The Balaban J connectivity index is 1.85. The van der Waals surface area contributed by atoms with Gasteiger partial charge in [-0.2, -0.15) is 0 Å². The smallest absolute Gasteiger partial charge is 0.333 e. The van der Waals surface area contributed by atoms with Gasteiger partial charge in [0.25, 0.3) is 0 Å². The number of nitrogens with zero attached hydrogens (tertiary/aromatic N) is 1. The summed E-state index contributed by atoms with van der Waals surface area (Å²) >= 11 is 0. The summed E-state index contributed by atoms with van der Waals surface area (Å²) in [4.78, 5) is 10.7. The standard InChI is InChI=1S/C12H15N3O3/c1-18-10-4-2-3-9(12(10)15(16)17)14-11-7-5-13-6-8(7)11/h2-4,7-8,11,13-14H,5-6H2,1H3. The van der Waals surface area contributed by atoms with Crippen LogP contribution in [0.4, 0.5) is 11.4 Å². The number of rotatable bonds is 4. The second kappa shape index (κ2) is 4.13. The van der Waals surface area contributed by atoms with Crippen molar-refractivity contribution >= 4 is 11.4 Å². The lowest BCUT2D eigenvalue weighted by Gasteiger charge is -2.11. The first kappa shape index (κ1) is 11.3. The number of benzene rings is 1. The Morgan fingerprint density at radius 1 is 1.44 bits per heavy atom. The molecule has 3 rings (SSSR count). The highest BCUT2D eigenvalue weighted by Gasteiger charge is 2.53. The Morgan fingerprint density at radius 2 is 2.17 bits per heavy atom. The molecule has 18 heavy (non-hydrogen) atoms. The summed E-state index contributed by atoms with van der Waals surface area (Å²) < 4.78 is 5.05. The summed E-state index contributed by atoms with van der Waals surface area (Å²) in [5.41, 5.74) is 0.580. The van der Waals surface area contributed by atoms with Gasteiger partial charge in [-0.25, -0.2) is 0 Å². The van der Waals surface area contributed by atoms with E-state index >= 15 is 0 Å². The molecular formula is C12H15N3O3. The van der Waals surface area contributed by atoms with E-state index in [1.54, 1.807) is 18.2 Å². The van der Waals surface area contributed by atoms with Gasteiger partial charge in [0.2, 0.25) is 0 Å². The Kier molecular flexibility index (Phi) is 2.59. The highest BCUT2D eigenvalue weighted by molar-refractivity contribution is 5.69. The average Bonchev–Trinajstić information content (AvgIpc) is 2.81. The van der Waals surface area contributed by atoms with Crippen LogP contribution in [0.2, 0.25) is 0 Å². The minimum atomic E-state index is -0.391. The Bertz CT molecular complexity index is 481. The molecule has 0 spiro atoms. The van der Waals surface area contributed by atoms with Crippen LogP contribution in [0.5, 0.6) is 5.75 Å². The first-order chi connectivity index (χ1) is 8.72. The summed E-state index contributed by atoms with van der Waals surface area (Å²) in [5, 5.41) is 17.7. The number of piperidine rings is 1. The van der Waals surface area contributed by atoms with Gasteiger partial charge in [-0.15, -0.1) is 0 Å². The van der Waals surface area contributed by atoms with Crippen LogP contribution in [0.25, 0.3) is 0 Å². The van der Waals surface area contributed by atoms with Crippen molar-refractivity contribution in [3.05, 3.63) is 28.3 Å². The molecule has 6 nitrogen and oxygen atoms in total. The van der Waals surface area contributed by atoms with E-state index in [4.69, 9.17) is 4.74 Å². The Morgan fingerprint density at radius 3 is 2.78 bits per heavy atom. The first-order valence-corrected chi connectivity index (χ1v) is 6.01. The zero-order valence-electron chi connectivity index (χ0n) is 10.1. The van der Waals surface area contributed by atoms with Crippen LogP contribution in [0, 0.1) is 22.0 Å². The number of nitro groups is 1. The molecule has 1 aliphatic carbocycles. The molecule has 2 unspecified atom stereocenters. The van der Waals surface area contributed by atoms with Gasteiger partial charge in [-0.1, -0.05) is 6.07 Å². The van der Waals surface area contributed by atoms with Crippen molar-refractivity contribution in [1.82, 2.24) is 5.32 Å². The van der Waals surface area contributed by atoms with E-state index in [0.29, 0.717) is 29.3 Å². The van der Waals surface area contributed by atoms with E-state index in [0.717, 1.165) is 13.1 Å². The second-order valence-corrected chi connectivity index (χ2v) is 4.77. The maximum atomic E-state index is 11.1. The largest absolute Gasteiger partial charge is 0.490 e. The van der Waals surface area contributed by atoms with E-state index in [-0.39, 0.29) is 5.69 Å². The molecule has 1 saturated carbocycles. The number of para-hydroxylation sites is 1. The van der Waals surface area contributed by atoms with Gasteiger partial charge in [-0.3, -0.25) is 10.1 Å². The molecule has 1 heterocycles. The fourth-order valence-electron chi connectivity index (χ4n) is 2.80. The van der Waals surface area contributed by atoms with Gasteiger partial charge < -0.3 is 15.4 Å². The zero-order chi connectivity index (χ0) is 12.7. The van der Waals surface area contributed by atoms with Gasteiger partial charge in [0.05, 0.1) is 12.0 Å². The van der Waals surface area contributed by atoms with Crippen LogP contribution in [-0.4, -0.2) is 31.2 Å². The number of fused-ring (bicyclic) bond motifs is 1. The lowest BCUT2D eigenvalue weighted by Crippen LogP contribution is -2.21. The summed E-state index contributed by atoms with van der Waals surface area (Å²) in [6.45, 7) is 2.00. The number of ether oxygens (including phenoxy) is 1. The van der Waals surface area contributed by atoms with Crippen LogP contribution in [0.3, 0.4) is 0 Å². The van der Waals surface area contributed by atoms with E-state index in [1.165, 1.54) is 7.11 Å². The number of nitrogens with one attached hydrogen (secondary N) is 2. The second-order valence-electron chi connectivity index (χ2n) is 4.77. The van der Waals surface area contributed by atoms with Crippen molar-refractivity contribution in [3.63, 3.8) is 0 Å². The Hall–Kier alpha value is -1.82. The molecule has 1 aromatic rings. The minimum absolute atomic E-state index is 0.0259. The van der Waals surface area contributed by atoms with Crippen LogP contribution < -0.4 is 15.4 Å². The first-order valence-electron chi connectivity index (χ1n) is 6.01. The van der Waals surface area contributed by atoms with Crippen molar-refractivity contribution in [1.29, 1.82) is 0 Å². The van der Waals surface area contributed by atoms with Gasteiger partial charge >= 0.3 is 5.69 Å². The van der Waals surface area contributed by atoms with E-state index in [9.17, 15) is 10.1 Å². The molecular weight excluding hydrogens is 234 g/mol. The number of nitro benzene ring substituents is 1. The molecule has 0 bridgehead atoms. The van der Waals surface area contributed by atoms with E-state index in [1.807, 2.05) is 0 Å². The highest BCUT2D eigenvalue weighted by Crippen LogP contribution is 2.46. The third kappa shape index (κ3) is 1.69. The normalized spacial score (nSPS) is 28.6. The molecule has 2 atom stereocenters.